The van der Waals surface area contributed by atoms with Gasteiger partial charge in [0.15, 0.2) is 0 Å². The maximum atomic E-state index is 12.4. The lowest BCUT2D eigenvalue weighted by molar-refractivity contribution is 0.343. The first-order chi connectivity index (χ1) is 15.9. The molecule has 2 aromatic carbocycles. The number of hydrogen-bond acceptors (Lipinski definition) is 7. The smallest absolute Gasteiger partial charge is 0.240 e. The summed E-state index contributed by atoms with van der Waals surface area (Å²) in [4.78, 5) is 11.0. The van der Waals surface area contributed by atoms with E-state index in [0.29, 0.717) is 18.2 Å². The van der Waals surface area contributed by atoms with E-state index in [-0.39, 0.29) is 11.5 Å². The zero-order chi connectivity index (χ0) is 23.7. The largest absolute Gasteiger partial charge is 0.392 e. The molecule has 1 heterocycles. The van der Waals surface area contributed by atoms with Crippen molar-refractivity contribution >= 4 is 27.7 Å². The maximum Gasteiger partial charge on any atom is 0.240 e. The number of aliphatic hydroxyl groups excluding tert-OH is 1. The Kier molecular flexibility index (Phi) is 8.67. The number of nitrogens with one attached hydrogen (secondary N) is 2. The standard InChI is InChI=1S/C24H29N5O3S/c1-29(2)17-4-15-26-33(31,32)22-12-10-21(11-13-22)27-24-25-16-14-23(28-24)20-8-6-19(7-9-20)5-3-18-30/h3,5-14,16,26,30H,4,15,17-18H2,1-2H3,(H,25,27,28). The number of benzene rings is 2. The molecule has 0 fully saturated rings. The highest BCUT2D eigenvalue weighted by atomic mass is 32.2. The van der Waals surface area contributed by atoms with Crippen LogP contribution in [0.15, 0.2) is 71.8 Å². The lowest BCUT2D eigenvalue weighted by atomic mass is 10.1. The summed E-state index contributed by atoms with van der Waals surface area (Å²) < 4.78 is 27.5. The van der Waals surface area contributed by atoms with Gasteiger partial charge >= 0.3 is 0 Å². The normalized spacial score (nSPS) is 11.9. The molecule has 0 aliphatic heterocycles. The number of hydrogen-bond donors (Lipinski definition) is 3. The maximum absolute atomic E-state index is 12.4. The SMILES string of the molecule is CN(C)CCCNS(=O)(=O)c1ccc(Nc2nccc(-c3ccc(C=CCO)cc3)n2)cc1. The van der Waals surface area contributed by atoms with Crippen LogP contribution in [0.1, 0.15) is 12.0 Å². The van der Waals surface area contributed by atoms with Gasteiger partial charge in [0, 0.05) is 24.0 Å². The quantitative estimate of drug-likeness (QED) is 0.372. The average molecular weight is 468 g/mol. The van der Waals surface area contributed by atoms with Gasteiger partial charge in [-0.05, 0) is 63.0 Å². The van der Waals surface area contributed by atoms with Crippen LogP contribution in [0.4, 0.5) is 11.6 Å². The second kappa shape index (κ2) is 11.7. The van der Waals surface area contributed by atoms with E-state index in [0.717, 1.165) is 29.8 Å². The molecular weight excluding hydrogens is 438 g/mol. The highest BCUT2D eigenvalue weighted by Crippen LogP contribution is 2.21. The van der Waals surface area contributed by atoms with E-state index in [1.54, 1.807) is 36.5 Å². The molecule has 33 heavy (non-hydrogen) atoms. The van der Waals surface area contributed by atoms with Crippen molar-refractivity contribution in [3.8, 4) is 11.3 Å². The van der Waals surface area contributed by atoms with Gasteiger partial charge in [0.1, 0.15) is 0 Å². The number of aromatic nitrogens is 2. The fourth-order valence-corrected chi connectivity index (χ4v) is 4.14. The highest BCUT2D eigenvalue weighted by Gasteiger charge is 2.13. The van der Waals surface area contributed by atoms with Crippen LogP contribution in [-0.2, 0) is 10.0 Å². The third-order valence-electron chi connectivity index (χ3n) is 4.77. The van der Waals surface area contributed by atoms with Gasteiger partial charge in [0.05, 0.1) is 17.2 Å². The van der Waals surface area contributed by atoms with Gasteiger partial charge in [-0.25, -0.2) is 23.1 Å². The van der Waals surface area contributed by atoms with E-state index in [1.807, 2.05) is 55.4 Å². The molecule has 0 spiro atoms. The summed E-state index contributed by atoms with van der Waals surface area (Å²) in [5, 5.41) is 12.0. The summed E-state index contributed by atoms with van der Waals surface area (Å²) in [6.45, 7) is 1.21. The van der Waals surface area contributed by atoms with Gasteiger partial charge in [0.2, 0.25) is 16.0 Å². The Morgan fingerprint density at radius 1 is 1.03 bits per heavy atom. The minimum Gasteiger partial charge on any atom is -0.392 e. The third-order valence-corrected chi connectivity index (χ3v) is 6.25. The summed E-state index contributed by atoms with van der Waals surface area (Å²) in [5.41, 5.74) is 3.36. The average Bonchev–Trinajstić information content (AvgIpc) is 2.81. The number of aliphatic hydroxyl groups is 1. The Balaban J connectivity index is 1.65. The van der Waals surface area contributed by atoms with E-state index >= 15 is 0 Å². The van der Waals surface area contributed by atoms with Crippen molar-refractivity contribution < 1.29 is 13.5 Å². The van der Waals surface area contributed by atoms with Crippen molar-refractivity contribution in [2.75, 3.05) is 39.1 Å². The lowest BCUT2D eigenvalue weighted by Gasteiger charge is -2.11. The molecule has 0 saturated carbocycles. The second-order valence-corrected chi connectivity index (χ2v) is 9.44. The Hall–Kier alpha value is -3.11. The van der Waals surface area contributed by atoms with Crippen LogP contribution < -0.4 is 10.0 Å². The molecule has 0 bridgehead atoms. The Bertz CT molecular complexity index is 1160. The van der Waals surface area contributed by atoms with Crippen molar-refractivity contribution in [3.63, 3.8) is 0 Å². The monoisotopic (exact) mass is 467 g/mol. The van der Waals surface area contributed by atoms with Crippen LogP contribution in [-0.4, -0.2) is 62.2 Å². The van der Waals surface area contributed by atoms with Crippen molar-refractivity contribution in [2.45, 2.75) is 11.3 Å². The van der Waals surface area contributed by atoms with Gasteiger partial charge < -0.3 is 15.3 Å². The fraction of sp³-hybridized carbons (Fsp3) is 0.250. The highest BCUT2D eigenvalue weighted by molar-refractivity contribution is 7.89. The summed E-state index contributed by atoms with van der Waals surface area (Å²) in [5.74, 6) is 0.411. The molecule has 3 N–H and O–H groups in total. The van der Waals surface area contributed by atoms with Crippen LogP contribution in [0.3, 0.4) is 0 Å². The van der Waals surface area contributed by atoms with Gasteiger partial charge in [-0.1, -0.05) is 36.4 Å². The van der Waals surface area contributed by atoms with Gasteiger partial charge in [0.25, 0.3) is 0 Å². The molecule has 3 aromatic rings. The first-order valence-corrected chi connectivity index (χ1v) is 12.1. The molecule has 9 heteroatoms. The molecule has 0 aliphatic carbocycles. The Morgan fingerprint density at radius 2 is 1.76 bits per heavy atom. The van der Waals surface area contributed by atoms with Crippen molar-refractivity contribution in [2.24, 2.45) is 0 Å². The lowest BCUT2D eigenvalue weighted by Crippen LogP contribution is -2.27. The molecular formula is C24H29N5O3S. The minimum atomic E-state index is -3.55. The summed E-state index contributed by atoms with van der Waals surface area (Å²) in [6.07, 6.45) is 5.93. The molecule has 0 amide bonds. The first kappa shape index (κ1) is 24.5. The van der Waals surface area contributed by atoms with E-state index in [2.05, 4.69) is 20.0 Å². The summed E-state index contributed by atoms with van der Waals surface area (Å²) >= 11 is 0. The molecule has 3 rings (SSSR count). The number of rotatable bonds is 11. The number of anilines is 2. The molecule has 1 aromatic heterocycles. The van der Waals surface area contributed by atoms with Crippen molar-refractivity contribution in [1.82, 2.24) is 19.6 Å². The molecule has 0 aliphatic rings. The minimum absolute atomic E-state index is 0.00286. The zero-order valence-electron chi connectivity index (χ0n) is 18.8. The fourth-order valence-electron chi connectivity index (χ4n) is 3.07. The van der Waals surface area contributed by atoms with E-state index in [1.165, 1.54) is 0 Å². The van der Waals surface area contributed by atoms with Crippen LogP contribution in [0, 0.1) is 0 Å². The predicted molar refractivity (Wildman–Crippen MR) is 132 cm³/mol. The number of sulfonamides is 1. The van der Waals surface area contributed by atoms with Gasteiger partial charge in [-0.3, -0.25) is 0 Å². The van der Waals surface area contributed by atoms with Crippen LogP contribution in [0.5, 0.6) is 0 Å². The van der Waals surface area contributed by atoms with Gasteiger partial charge in [-0.15, -0.1) is 0 Å². The molecule has 174 valence electrons. The van der Waals surface area contributed by atoms with Crippen LogP contribution >= 0.6 is 0 Å². The Labute approximate surface area is 195 Å². The second-order valence-electron chi connectivity index (χ2n) is 7.68. The summed E-state index contributed by atoms with van der Waals surface area (Å²) in [7, 11) is 0.358. The molecule has 8 nitrogen and oxygen atoms in total. The Morgan fingerprint density at radius 3 is 2.42 bits per heavy atom. The van der Waals surface area contributed by atoms with E-state index in [9.17, 15) is 8.42 Å². The first-order valence-electron chi connectivity index (χ1n) is 10.6. The summed E-state index contributed by atoms with van der Waals surface area (Å²) in [6, 6.07) is 16.1. The van der Waals surface area contributed by atoms with E-state index in [4.69, 9.17) is 5.11 Å². The molecule has 0 radical (unpaired) electrons. The van der Waals surface area contributed by atoms with Gasteiger partial charge in [-0.2, -0.15) is 0 Å². The molecule has 0 atom stereocenters. The molecule has 0 unspecified atom stereocenters. The van der Waals surface area contributed by atoms with E-state index < -0.39 is 10.0 Å². The van der Waals surface area contributed by atoms with Crippen LogP contribution in [0.25, 0.3) is 17.3 Å². The predicted octanol–water partition coefficient (Wildman–Crippen LogP) is 3.12. The molecule has 0 saturated heterocycles. The zero-order valence-corrected chi connectivity index (χ0v) is 19.6. The van der Waals surface area contributed by atoms with Crippen LogP contribution in [0.2, 0.25) is 0 Å². The topological polar surface area (TPSA) is 107 Å². The van der Waals surface area contributed by atoms with Crippen molar-refractivity contribution in [1.29, 1.82) is 0 Å². The third kappa shape index (κ3) is 7.47. The number of nitrogens with zero attached hydrogens (tertiary/aromatic N) is 3. The van der Waals surface area contributed by atoms with Crippen molar-refractivity contribution in [3.05, 3.63) is 72.4 Å².